The lowest BCUT2D eigenvalue weighted by atomic mass is 9.77. The minimum absolute atomic E-state index is 0.00778. The molecule has 1 atom stereocenters. The number of halogens is 3. The summed E-state index contributed by atoms with van der Waals surface area (Å²) in [5, 5.41) is 3.04. The fourth-order valence-electron chi connectivity index (χ4n) is 3.31. The first-order valence-corrected chi connectivity index (χ1v) is 8.00. The second-order valence-electron chi connectivity index (χ2n) is 6.31. The molecule has 2 fully saturated rings. The van der Waals surface area contributed by atoms with Gasteiger partial charge in [0.2, 0.25) is 5.91 Å². The maximum Gasteiger partial charge on any atom is 0.266 e. The largest absolute Gasteiger partial charge is 0.484 e. The van der Waals surface area contributed by atoms with Gasteiger partial charge in [0.05, 0.1) is 12.0 Å². The molecule has 0 bridgehead atoms. The summed E-state index contributed by atoms with van der Waals surface area (Å²) < 4.78 is 33.5. The molecule has 0 radical (unpaired) electrons. The van der Waals surface area contributed by atoms with E-state index >= 15 is 0 Å². The summed E-state index contributed by atoms with van der Waals surface area (Å²) in [5.74, 6) is -3.69. The van der Waals surface area contributed by atoms with Crippen molar-refractivity contribution in [3.63, 3.8) is 0 Å². The van der Waals surface area contributed by atoms with Crippen molar-refractivity contribution in [3.05, 3.63) is 29.3 Å². The highest BCUT2D eigenvalue weighted by molar-refractivity contribution is 6.30. The second kappa shape index (κ2) is 6.20. The van der Waals surface area contributed by atoms with Gasteiger partial charge in [-0.1, -0.05) is 17.7 Å². The molecule has 2 saturated heterocycles. The number of alkyl halides is 2. The van der Waals surface area contributed by atoms with Gasteiger partial charge in [-0.2, -0.15) is 0 Å². The normalized spacial score (nSPS) is 25.6. The van der Waals surface area contributed by atoms with Gasteiger partial charge in [0, 0.05) is 24.5 Å². The van der Waals surface area contributed by atoms with E-state index in [9.17, 15) is 18.4 Å². The van der Waals surface area contributed by atoms with E-state index in [-0.39, 0.29) is 13.2 Å². The van der Waals surface area contributed by atoms with Crippen LogP contribution in [0.5, 0.6) is 5.75 Å². The van der Waals surface area contributed by atoms with E-state index in [4.69, 9.17) is 16.3 Å². The number of carbonyl (C=O) groups excluding carboxylic acids is 2. The van der Waals surface area contributed by atoms with Gasteiger partial charge in [-0.15, -0.1) is 0 Å². The van der Waals surface area contributed by atoms with Crippen molar-refractivity contribution < 1.29 is 23.1 Å². The average Bonchev–Trinajstić information content (AvgIpc) is 2.83. The number of hydrogen-bond donors (Lipinski definition) is 1. The average molecular weight is 359 g/mol. The molecule has 3 rings (SSSR count). The van der Waals surface area contributed by atoms with Crippen LogP contribution >= 0.6 is 11.6 Å². The highest BCUT2D eigenvalue weighted by atomic mass is 35.5. The molecule has 8 heteroatoms. The zero-order chi connectivity index (χ0) is 17.4. The van der Waals surface area contributed by atoms with E-state index in [1.54, 1.807) is 18.2 Å². The number of ether oxygens (including phenoxy) is 1. The van der Waals surface area contributed by atoms with Crippen molar-refractivity contribution in [1.82, 2.24) is 10.2 Å². The number of nitrogens with one attached hydrogen (secondary N) is 1. The Morgan fingerprint density at radius 3 is 2.83 bits per heavy atom. The molecule has 2 aliphatic rings. The Bertz CT molecular complexity index is 670. The van der Waals surface area contributed by atoms with Gasteiger partial charge in [-0.05, 0) is 24.6 Å². The molecule has 0 unspecified atom stereocenters. The fourth-order valence-corrected chi connectivity index (χ4v) is 3.49. The minimum atomic E-state index is -3.09. The van der Waals surface area contributed by atoms with E-state index in [1.807, 2.05) is 0 Å². The van der Waals surface area contributed by atoms with Gasteiger partial charge in [-0.3, -0.25) is 9.59 Å². The molecule has 1 aromatic carbocycles. The molecule has 2 aliphatic heterocycles. The van der Waals surface area contributed by atoms with Gasteiger partial charge >= 0.3 is 0 Å². The van der Waals surface area contributed by atoms with Crippen LogP contribution < -0.4 is 10.1 Å². The Kier molecular flexibility index (Phi) is 4.38. The van der Waals surface area contributed by atoms with Crippen LogP contribution in [0.2, 0.25) is 5.02 Å². The molecule has 0 aromatic heterocycles. The summed E-state index contributed by atoms with van der Waals surface area (Å²) in [6.45, 7) is -0.726. The predicted octanol–water partition coefficient (Wildman–Crippen LogP) is 2.09. The summed E-state index contributed by atoms with van der Waals surface area (Å²) in [6.07, 6.45) is -0.217. The van der Waals surface area contributed by atoms with Crippen LogP contribution in [0.3, 0.4) is 0 Å². The monoisotopic (exact) mass is 358 g/mol. The van der Waals surface area contributed by atoms with Crippen LogP contribution in [0.25, 0.3) is 0 Å². The van der Waals surface area contributed by atoms with E-state index in [2.05, 4.69) is 5.32 Å². The van der Waals surface area contributed by atoms with E-state index in [1.165, 1.54) is 6.07 Å². The molecular weight excluding hydrogens is 342 g/mol. The molecule has 130 valence electrons. The third-order valence-electron chi connectivity index (χ3n) is 4.39. The standard InChI is InChI=1S/C16H17ClF2N2O3/c17-11-2-1-3-12(6-11)24-7-13(22)21-9-15(4-5-20-14(15)23)8-16(18,19)10-21/h1-3,6H,4-5,7-10H2,(H,20,23)/t15-/m0/s1. The second-order valence-corrected chi connectivity index (χ2v) is 6.75. The lowest BCUT2D eigenvalue weighted by Gasteiger charge is -2.42. The van der Waals surface area contributed by atoms with Crippen LogP contribution in [0.15, 0.2) is 24.3 Å². The van der Waals surface area contributed by atoms with Crippen LogP contribution in [-0.2, 0) is 9.59 Å². The predicted molar refractivity (Wildman–Crippen MR) is 83.2 cm³/mol. The third-order valence-corrected chi connectivity index (χ3v) is 4.63. The van der Waals surface area contributed by atoms with E-state index in [0.717, 1.165) is 4.90 Å². The summed E-state index contributed by atoms with van der Waals surface area (Å²) >= 11 is 5.83. The zero-order valence-corrected chi connectivity index (χ0v) is 13.6. The highest BCUT2D eigenvalue weighted by Crippen LogP contribution is 2.43. The SMILES string of the molecule is O=C(COc1cccc(Cl)c1)N1CC(F)(F)C[C@@]2(CCNC2=O)C1. The van der Waals surface area contributed by atoms with Gasteiger partial charge < -0.3 is 15.0 Å². The van der Waals surface area contributed by atoms with Crippen molar-refractivity contribution >= 4 is 23.4 Å². The highest BCUT2D eigenvalue weighted by Gasteiger charge is 2.55. The molecule has 0 aliphatic carbocycles. The van der Waals surface area contributed by atoms with Crippen molar-refractivity contribution in [2.45, 2.75) is 18.8 Å². The number of carbonyl (C=O) groups is 2. The van der Waals surface area contributed by atoms with Crippen molar-refractivity contribution in [2.24, 2.45) is 5.41 Å². The molecule has 2 heterocycles. The molecule has 2 amide bonds. The Labute approximate surface area is 142 Å². The Hall–Kier alpha value is -1.89. The number of rotatable bonds is 3. The number of amides is 2. The number of hydrogen-bond acceptors (Lipinski definition) is 3. The number of piperidine rings is 1. The van der Waals surface area contributed by atoms with Gasteiger partial charge in [0.1, 0.15) is 5.75 Å². The summed E-state index contributed by atoms with van der Waals surface area (Å²) in [6, 6.07) is 6.47. The third kappa shape index (κ3) is 3.45. The molecule has 5 nitrogen and oxygen atoms in total. The molecule has 1 N–H and O–H groups in total. The Balaban J connectivity index is 1.68. The summed E-state index contributed by atoms with van der Waals surface area (Å²) in [4.78, 5) is 25.3. The first kappa shape index (κ1) is 17.0. The van der Waals surface area contributed by atoms with E-state index in [0.29, 0.717) is 23.7 Å². The number of benzene rings is 1. The topological polar surface area (TPSA) is 58.6 Å². The molecule has 24 heavy (non-hydrogen) atoms. The number of likely N-dealkylation sites (tertiary alicyclic amines) is 1. The summed E-state index contributed by atoms with van der Waals surface area (Å²) in [7, 11) is 0. The van der Waals surface area contributed by atoms with Crippen molar-refractivity contribution in [1.29, 1.82) is 0 Å². The van der Waals surface area contributed by atoms with E-state index < -0.39 is 36.1 Å². The van der Waals surface area contributed by atoms with Gasteiger partial charge in [-0.25, -0.2) is 8.78 Å². The molecule has 1 aromatic rings. The van der Waals surface area contributed by atoms with Crippen molar-refractivity contribution in [2.75, 3.05) is 26.2 Å². The first-order valence-electron chi connectivity index (χ1n) is 7.62. The van der Waals surface area contributed by atoms with Crippen molar-refractivity contribution in [3.8, 4) is 5.75 Å². The van der Waals surface area contributed by atoms with Crippen LogP contribution in [0.1, 0.15) is 12.8 Å². The molecule has 0 saturated carbocycles. The lowest BCUT2D eigenvalue weighted by molar-refractivity contribution is -0.161. The van der Waals surface area contributed by atoms with Gasteiger partial charge in [0.25, 0.3) is 11.8 Å². The minimum Gasteiger partial charge on any atom is -0.484 e. The number of nitrogens with zero attached hydrogens (tertiary/aromatic N) is 1. The molecular formula is C16H17ClF2N2O3. The lowest BCUT2D eigenvalue weighted by Crippen LogP contribution is -2.57. The zero-order valence-electron chi connectivity index (χ0n) is 12.9. The van der Waals surface area contributed by atoms with Gasteiger partial charge in [0.15, 0.2) is 6.61 Å². The fraction of sp³-hybridized carbons (Fsp3) is 0.500. The maximum absolute atomic E-state index is 14.1. The maximum atomic E-state index is 14.1. The van der Waals surface area contributed by atoms with Crippen LogP contribution in [0.4, 0.5) is 8.78 Å². The Morgan fingerprint density at radius 2 is 2.17 bits per heavy atom. The Morgan fingerprint density at radius 1 is 1.38 bits per heavy atom. The van der Waals surface area contributed by atoms with Crippen LogP contribution in [-0.4, -0.2) is 48.9 Å². The quantitative estimate of drug-likeness (QED) is 0.900. The first-order chi connectivity index (χ1) is 11.3. The van der Waals surface area contributed by atoms with Crippen LogP contribution in [0, 0.1) is 5.41 Å². The smallest absolute Gasteiger partial charge is 0.266 e. The molecule has 1 spiro atoms. The summed E-state index contributed by atoms with van der Waals surface area (Å²) in [5.41, 5.74) is -1.20.